The zero-order chi connectivity index (χ0) is 13.8. The Kier molecular flexibility index (Phi) is 4.65. The number of rotatable bonds is 3. The molecule has 0 atom stereocenters. The van der Waals surface area contributed by atoms with Crippen molar-refractivity contribution in [2.24, 2.45) is 0 Å². The molecule has 0 heterocycles. The lowest BCUT2D eigenvalue weighted by Crippen LogP contribution is -2.45. The molecule has 0 saturated heterocycles. The normalized spacial score (nSPS) is 21.9. The summed E-state index contributed by atoms with van der Waals surface area (Å²) in [6.07, 6.45) is 14.2. The summed E-state index contributed by atoms with van der Waals surface area (Å²) in [6, 6.07) is 10.9. The Bertz CT molecular complexity index is 378. The third kappa shape index (κ3) is 3.19. The Morgan fingerprint density at radius 3 is 1.60 bits per heavy atom. The van der Waals surface area contributed by atoms with Crippen LogP contribution in [0.15, 0.2) is 24.3 Å². The zero-order valence-electron chi connectivity index (χ0n) is 13.0. The molecule has 2 saturated carbocycles. The average molecular weight is 271 g/mol. The molecule has 0 N–H and O–H groups in total. The Balaban J connectivity index is 1.83. The third-order valence-electron chi connectivity index (χ3n) is 5.27. The Labute approximate surface area is 124 Å². The van der Waals surface area contributed by atoms with Gasteiger partial charge in [-0.3, -0.25) is 0 Å². The molecule has 0 aromatic heterocycles. The number of anilines is 1. The molecule has 1 aromatic rings. The summed E-state index contributed by atoms with van der Waals surface area (Å²) in [5, 5.41) is 0. The molecule has 0 amide bonds. The van der Waals surface area contributed by atoms with Crippen molar-refractivity contribution in [3.63, 3.8) is 0 Å². The van der Waals surface area contributed by atoms with E-state index in [1.54, 1.807) is 0 Å². The van der Waals surface area contributed by atoms with Crippen molar-refractivity contribution in [2.75, 3.05) is 4.90 Å². The van der Waals surface area contributed by atoms with Crippen LogP contribution in [0.25, 0.3) is 0 Å². The Morgan fingerprint density at radius 1 is 0.700 bits per heavy atom. The van der Waals surface area contributed by atoms with Gasteiger partial charge in [-0.15, -0.1) is 0 Å². The molecule has 20 heavy (non-hydrogen) atoms. The maximum absolute atomic E-state index is 2.82. The second kappa shape index (κ2) is 6.65. The van der Waals surface area contributed by atoms with Gasteiger partial charge in [-0.1, -0.05) is 56.2 Å². The van der Waals surface area contributed by atoms with E-state index in [9.17, 15) is 0 Å². The first-order valence-electron chi connectivity index (χ1n) is 8.69. The van der Waals surface area contributed by atoms with Crippen molar-refractivity contribution < 1.29 is 0 Å². The first-order valence-corrected chi connectivity index (χ1v) is 8.69. The van der Waals surface area contributed by atoms with Gasteiger partial charge in [0.1, 0.15) is 0 Å². The fourth-order valence-electron chi connectivity index (χ4n) is 4.16. The zero-order valence-corrected chi connectivity index (χ0v) is 13.0. The summed E-state index contributed by atoms with van der Waals surface area (Å²) in [4.78, 5) is 2.82. The van der Waals surface area contributed by atoms with Gasteiger partial charge in [-0.05, 0) is 44.7 Å². The van der Waals surface area contributed by atoms with E-state index in [1.165, 1.54) is 75.5 Å². The summed E-state index contributed by atoms with van der Waals surface area (Å²) < 4.78 is 0. The van der Waals surface area contributed by atoms with Crippen molar-refractivity contribution >= 4 is 5.69 Å². The quantitative estimate of drug-likeness (QED) is 0.705. The van der Waals surface area contributed by atoms with Crippen LogP contribution in [0.1, 0.15) is 69.8 Å². The highest BCUT2D eigenvalue weighted by atomic mass is 15.2. The highest BCUT2D eigenvalue weighted by Gasteiger charge is 2.28. The number of benzene rings is 1. The molecular formula is C19H29N. The van der Waals surface area contributed by atoms with Gasteiger partial charge in [-0.2, -0.15) is 0 Å². The van der Waals surface area contributed by atoms with E-state index in [1.807, 2.05) is 0 Å². The van der Waals surface area contributed by atoms with Gasteiger partial charge in [0.05, 0.1) is 0 Å². The molecule has 0 unspecified atom stereocenters. The summed E-state index contributed by atoms with van der Waals surface area (Å²) >= 11 is 0. The summed E-state index contributed by atoms with van der Waals surface area (Å²) in [5.74, 6) is 0. The summed E-state index contributed by atoms with van der Waals surface area (Å²) in [5.41, 5.74) is 2.86. The lowest BCUT2D eigenvalue weighted by molar-refractivity contribution is 0.340. The van der Waals surface area contributed by atoms with Crippen LogP contribution in [0.3, 0.4) is 0 Å². The minimum absolute atomic E-state index is 0.801. The van der Waals surface area contributed by atoms with E-state index in [4.69, 9.17) is 0 Å². The van der Waals surface area contributed by atoms with Crippen LogP contribution in [0, 0.1) is 6.92 Å². The van der Waals surface area contributed by atoms with Crippen LogP contribution in [-0.4, -0.2) is 12.1 Å². The SMILES string of the molecule is Cc1ccc(N(C2CCCCC2)C2CCCCC2)cc1. The van der Waals surface area contributed by atoms with Gasteiger partial charge in [0.15, 0.2) is 0 Å². The Morgan fingerprint density at radius 2 is 1.15 bits per heavy atom. The maximum atomic E-state index is 2.82. The molecule has 0 radical (unpaired) electrons. The van der Waals surface area contributed by atoms with Crippen molar-refractivity contribution in [1.82, 2.24) is 0 Å². The van der Waals surface area contributed by atoms with Crippen LogP contribution in [0.4, 0.5) is 5.69 Å². The van der Waals surface area contributed by atoms with Gasteiger partial charge in [0.2, 0.25) is 0 Å². The predicted molar refractivity (Wildman–Crippen MR) is 87.4 cm³/mol. The minimum Gasteiger partial charge on any atom is -0.366 e. The molecule has 0 aliphatic heterocycles. The number of hydrogen-bond acceptors (Lipinski definition) is 1. The van der Waals surface area contributed by atoms with Gasteiger partial charge in [0, 0.05) is 17.8 Å². The average Bonchev–Trinajstić information content (AvgIpc) is 2.52. The van der Waals surface area contributed by atoms with E-state index in [0.717, 1.165) is 12.1 Å². The lowest BCUT2D eigenvalue weighted by atomic mass is 9.88. The van der Waals surface area contributed by atoms with E-state index in [-0.39, 0.29) is 0 Å². The van der Waals surface area contributed by atoms with Crippen LogP contribution >= 0.6 is 0 Å². The number of hydrogen-bond donors (Lipinski definition) is 0. The first kappa shape index (κ1) is 14.0. The fourth-order valence-corrected chi connectivity index (χ4v) is 4.16. The van der Waals surface area contributed by atoms with Gasteiger partial charge < -0.3 is 4.90 Å². The van der Waals surface area contributed by atoms with Crippen LogP contribution in [-0.2, 0) is 0 Å². The topological polar surface area (TPSA) is 3.24 Å². The van der Waals surface area contributed by atoms with Gasteiger partial charge in [0.25, 0.3) is 0 Å². The molecule has 1 aromatic carbocycles. The molecule has 1 heteroatoms. The molecule has 2 aliphatic carbocycles. The highest BCUT2D eigenvalue weighted by Crippen LogP contribution is 2.34. The minimum atomic E-state index is 0.801. The predicted octanol–water partition coefficient (Wildman–Crippen LogP) is 5.47. The molecule has 2 aliphatic rings. The smallest absolute Gasteiger partial charge is 0.0371 e. The summed E-state index contributed by atoms with van der Waals surface area (Å²) in [7, 11) is 0. The Hall–Kier alpha value is -0.980. The van der Waals surface area contributed by atoms with Crippen molar-refractivity contribution in [3.05, 3.63) is 29.8 Å². The third-order valence-corrected chi connectivity index (χ3v) is 5.27. The molecule has 0 spiro atoms. The monoisotopic (exact) mass is 271 g/mol. The first-order chi connectivity index (χ1) is 9.84. The van der Waals surface area contributed by atoms with Crippen LogP contribution in [0.5, 0.6) is 0 Å². The molecule has 0 bridgehead atoms. The molecule has 1 nitrogen and oxygen atoms in total. The maximum Gasteiger partial charge on any atom is 0.0371 e. The second-order valence-electron chi connectivity index (χ2n) is 6.83. The molecule has 2 fully saturated rings. The standard InChI is InChI=1S/C19H29N/c1-16-12-14-19(15-13-16)20(17-8-4-2-5-9-17)18-10-6-3-7-11-18/h12-15,17-18H,2-11H2,1H3. The van der Waals surface area contributed by atoms with E-state index in [0.29, 0.717) is 0 Å². The molecule has 3 rings (SSSR count). The fraction of sp³-hybridized carbons (Fsp3) is 0.684. The number of nitrogens with zero attached hydrogens (tertiary/aromatic N) is 1. The molecular weight excluding hydrogens is 242 g/mol. The van der Waals surface area contributed by atoms with E-state index in [2.05, 4.69) is 36.1 Å². The van der Waals surface area contributed by atoms with E-state index >= 15 is 0 Å². The molecule has 110 valence electrons. The van der Waals surface area contributed by atoms with Crippen LogP contribution in [0.2, 0.25) is 0 Å². The lowest BCUT2D eigenvalue weighted by Gasteiger charge is -2.43. The van der Waals surface area contributed by atoms with E-state index < -0.39 is 0 Å². The van der Waals surface area contributed by atoms with Crippen molar-refractivity contribution in [3.8, 4) is 0 Å². The van der Waals surface area contributed by atoms with Crippen LogP contribution < -0.4 is 4.90 Å². The van der Waals surface area contributed by atoms with Crippen molar-refractivity contribution in [1.29, 1.82) is 0 Å². The van der Waals surface area contributed by atoms with Gasteiger partial charge in [-0.25, -0.2) is 0 Å². The number of aryl methyl sites for hydroxylation is 1. The largest absolute Gasteiger partial charge is 0.366 e. The van der Waals surface area contributed by atoms with Gasteiger partial charge >= 0.3 is 0 Å². The second-order valence-corrected chi connectivity index (χ2v) is 6.83. The summed E-state index contributed by atoms with van der Waals surface area (Å²) in [6.45, 7) is 2.19. The highest BCUT2D eigenvalue weighted by molar-refractivity contribution is 5.49. The van der Waals surface area contributed by atoms with Crippen molar-refractivity contribution in [2.45, 2.75) is 83.2 Å².